The van der Waals surface area contributed by atoms with Crippen LogP contribution in [0.3, 0.4) is 0 Å². The van der Waals surface area contributed by atoms with Crippen molar-refractivity contribution in [3.63, 3.8) is 0 Å². The predicted octanol–water partition coefficient (Wildman–Crippen LogP) is 2.63. The van der Waals surface area contributed by atoms with Gasteiger partial charge in [-0.3, -0.25) is 4.79 Å². The third-order valence-electron chi connectivity index (χ3n) is 3.59. The number of nitrogens with one attached hydrogen (secondary N) is 1. The maximum atomic E-state index is 13.5. The van der Waals surface area contributed by atoms with E-state index in [1.54, 1.807) is 24.3 Å². The number of aromatic nitrogens is 2. The average molecular weight is 342 g/mol. The van der Waals surface area contributed by atoms with Gasteiger partial charge in [0.15, 0.2) is 17.2 Å². The number of methoxy groups -OCH3 is 2. The lowest BCUT2D eigenvalue weighted by Gasteiger charge is -2.14. The van der Waals surface area contributed by atoms with Crippen LogP contribution in [-0.2, 0) is 0 Å². The van der Waals surface area contributed by atoms with Crippen LogP contribution in [0, 0.1) is 5.82 Å². The van der Waals surface area contributed by atoms with Gasteiger partial charge in [-0.15, -0.1) is 10.2 Å². The molecule has 2 aromatic carbocycles. The number of rotatable bonds is 5. The van der Waals surface area contributed by atoms with Gasteiger partial charge in [-0.1, -0.05) is 6.07 Å². The summed E-state index contributed by atoms with van der Waals surface area (Å²) in [5.74, 6) is -0.271. The molecule has 7 nitrogen and oxygen atoms in total. The summed E-state index contributed by atoms with van der Waals surface area (Å²) in [6.45, 7) is 0. The van der Waals surface area contributed by atoms with Crippen LogP contribution >= 0.6 is 0 Å². The summed E-state index contributed by atoms with van der Waals surface area (Å²) < 4.78 is 24.0. The van der Waals surface area contributed by atoms with E-state index in [1.165, 1.54) is 26.4 Å². The van der Waals surface area contributed by atoms with Crippen LogP contribution in [0.15, 0.2) is 36.4 Å². The fourth-order valence-electron chi connectivity index (χ4n) is 2.44. The van der Waals surface area contributed by atoms with Gasteiger partial charge in [0, 0.05) is 17.1 Å². The summed E-state index contributed by atoms with van der Waals surface area (Å²) in [7, 11) is 2.99. The van der Waals surface area contributed by atoms with Gasteiger partial charge in [0.25, 0.3) is 5.91 Å². The molecule has 8 heteroatoms. The number of nitrogens with two attached hydrogens (primary N) is 1. The summed E-state index contributed by atoms with van der Waals surface area (Å²) in [5.41, 5.74) is 6.54. The van der Waals surface area contributed by atoms with Crippen molar-refractivity contribution in [2.45, 2.75) is 0 Å². The van der Waals surface area contributed by atoms with Crippen molar-refractivity contribution in [1.82, 2.24) is 10.2 Å². The van der Waals surface area contributed by atoms with Crippen LogP contribution in [0.5, 0.6) is 11.5 Å². The third kappa shape index (κ3) is 3.14. The SMILES string of the molecule is COc1cc2nnc(C(N)=O)c(Nc3cccc(F)c3)c2cc1OC. The Bertz CT molecular complexity index is 962. The number of nitrogens with zero attached hydrogens (tertiary/aromatic N) is 2. The standard InChI is InChI=1S/C17H15FN4O3/c1-24-13-7-11-12(8-14(13)25-2)21-22-16(17(19)23)15(11)20-10-5-3-4-9(18)6-10/h3-8H,1-2H3,(H2,19,23)(H,20,21). The fourth-order valence-corrected chi connectivity index (χ4v) is 2.44. The number of amides is 1. The Balaban J connectivity index is 2.24. The summed E-state index contributed by atoms with van der Waals surface area (Å²) >= 11 is 0. The van der Waals surface area contributed by atoms with Crippen molar-refractivity contribution < 1.29 is 18.7 Å². The highest BCUT2D eigenvalue weighted by atomic mass is 19.1. The number of benzene rings is 2. The second kappa shape index (κ2) is 6.60. The number of primary amides is 1. The number of hydrogen-bond acceptors (Lipinski definition) is 6. The van der Waals surface area contributed by atoms with E-state index in [9.17, 15) is 9.18 Å². The molecule has 3 rings (SSSR count). The number of anilines is 2. The molecule has 1 amide bonds. The summed E-state index contributed by atoms with van der Waals surface area (Å²) in [6.07, 6.45) is 0. The highest BCUT2D eigenvalue weighted by Gasteiger charge is 2.18. The molecule has 25 heavy (non-hydrogen) atoms. The molecule has 0 atom stereocenters. The van der Waals surface area contributed by atoms with Crippen LogP contribution in [0.2, 0.25) is 0 Å². The van der Waals surface area contributed by atoms with E-state index in [-0.39, 0.29) is 5.69 Å². The van der Waals surface area contributed by atoms with Crippen LogP contribution in [-0.4, -0.2) is 30.3 Å². The molecule has 0 radical (unpaired) electrons. The van der Waals surface area contributed by atoms with Crippen LogP contribution in [0.4, 0.5) is 15.8 Å². The lowest BCUT2D eigenvalue weighted by atomic mass is 10.1. The maximum Gasteiger partial charge on any atom is 0.271 e. The largest absolute Gasteiger partial charge is 0.493 e. The average Bonchev–Trinajstić information content (AvgIpc) is 2.60. The number of halogens is 1. The summed E-state index contributed by atoms with van der Waals surface area (Å²) in [4.78, 5) is 11.7. The molecule has 0 saturated carbocycles. The van der Waals surface area contributed by atoms with Crippen LogP contribution < -0.4 is 20.5 Å². The van der Waals surface area contributed by atoms with Crippen molar-refractivity contribution in [2.24, 2.45) is 5.73 Å². The molecular weight excluding hydrogens is 327 g/mol. The molecule has 0 aliphatic rings. The normalized spacial score (nSPS) is 10.5. The van der Waals surface area contributed by atoms with E-state index in [2.05, 4.69) is 15.5 Å². The van der Waals surface area contributed by atoms with Crippen molar-refractivity contribution in [3.05, 3.63) is 47.9 Å². The fraction of sp³-hybridized carbons (Fsp3) is 0.118. The van der Waals surface area contributed by atoms with Gasteiger partial charge < -0.3 is 20.5 Å². The molecule has 1 aromatic heterocycles. The molecule has 0 saturated heterocycles. The monoisotopic (exact) mass is 342 g/mol. The zero-order valence-corrected chi connectivity index (χ0v) is 13.5. The van der Waals surface area contributed by atoms with Gasteiger partial charge in [-0.25, -0.2) is 4.39 Å². The minimum absolute atomic E-state index is 0.0658. The van der Waals surface area contributed by atoms with Crippen LogP contribution in [0.1, 0.15) is 10.5 Å². The van der Waals surface area contributed by atoms with E-state index in [0.29, 0.717) is 33.8 Å². The molecule has 1 heterocycles. The quantitative estimate of drug-likeness (QED) is 0.739. The van der Waals surface area contributed by atoms with Crippen molar-refractivity contribution in [2.75, 3.05) is 19.5 Å². The minimum Gasteiger partial charge on any atom is -0.493 e. The Kier molecular flexibility index (Phi) is 4.34. The Labute approximate surface area is 142 Å². The van der Waals surface area contributed by atoms with Gasteiger partial charge in [0.05, 0.1) is 25.4 Å². The lowest BCUT2D eigenvalue weighted by Crippen LogP contribution is -2.16. The summed E-state index contributed by atoms with van der Waals surface area (Å²) in [6, 6.07) is 9.08. The predicted molar refractivity (Wildman–Crippen MR) is 90.8 cm³/mol. The van der Waals surface area contributed by atoms with Crippen LogP contribution in [0.25, 0.3) is 10.9 Å². The molecule has 3 N–H and O–H groups in total. The first kappa shape index (κ1) is 16.4. The Hall–Kier alpha value is -3.42. The van der Waals surface area contributed by atoms with Crippen molar-refractivity contribution in [1.29, 1.82) is 0 Å². The smallest absolute Gasteiger partial charge is 0.271 e. The number of carbonyl (C=O) groups excluding carboxylic acids is 1. The second-order valence-electron chi connectivity index (χ2n) is 5.15. The topological polar surface area (TPSA) is 99.4 Å². The second-order valence-corrected chi connectivity index (χ2v) is 5.15. The first-order valence-electron chi connectivity index (χ1n) is 7.28. The molecular formula is C17H15FN4O3. The first-order chi connectivity index (χ1) is 12.0. The third-order valence-corrected chi connectivity index (χ3v) is 3.59. The highest BCUT2D eigenvalue weighted by molar-refractivity contribution is 6.06. The van der Waals surface area contributed by atoms with Crippen molar-refractivity contribution in [3.8, 4) is 11.5 Å². The molecule has 0 spiro atoms. The van der Waals surface area contributed by atoms with E-state index >= 15 is 0 Å². The molecule has 0 unspecified atom stereocenters. The van der Waals surface area contributed by atoms with Gasteiger partial charge in [-0.05, 0) is 24.3 Å². The van der Waals surface area contributed by atoms with Gasteiger partial charge >= 0.3 is 0 Å². The van der Waals surface area contributed by atoms with Gasteiger partial charge in [-0.2, -0.15) is 0 Å². The number of ether oxygens (including phenoxy) is 2. The first-order valence-corrected chi connectivity index (χ1v) is 7.28. The Morgan fingerprint density at radius 3 is 2.48 bits per heavy atom. The Morgan fingerprint density at radius 2 is 1.84 bits per heavy atom. The molecule has 0 fully saturated rings. The van der Waals surface area contributed by atoms with Gasteiger partial charge in [0.1, 0.15) is 5.82 Å². The maximum absolute atomic E-state index is 13.5. The zero-order chi connectivity index (χ0) is 18.0. The molecule has 0 aliphatic carbocycles. The summed E-state index contributed by atoms with van der Waals surface area (Å²) in [5, 5.41) is 11.4. The number of carbonyl (C=O) groups is 1. The highest BCUT2D eigenvalue weighted by Crippen LogP contribution is 2.36. The van der Waals surface area contributed by atoms with E-state index in [0.717, 1.165) is 0 Å². The molecule has 128 valence electrons. The molecule has 0 bridgehead atoms. The zero-order valence-electron chi connectivity index (χ0n) is 13.5. The van der Waals surface area contributed by atoms with E-state index < -0.39 is 11.7 Å². The number of fused-ring (bicyclic) bond motifs is 1. The molecule has 0 aliphatic heterocycles. The lowest BCUT2D eigenvalue weighted by molar-refractivity contribution is 0.0995. The van der Waals surface area contributed by atoms with Gasteiger partial charge in [0.2, 0.25) is 0 Å². The van der Waals surface area contributed by atoms with Crippen molar-refractivity contribution >= 4 is 28.2 Å². The Morgan fingerprint density at radius 1 is 1.12 bits per heavy atom. The van der Waals surface area contributed by atoms with E-state index in [1.807, 2.05) is 0 Å². The van der Waals surface area contributed by atoms with E-state index in [4.69, 9.17) is 15.2 Å². The minimum atomic E-state index is -0.761. The molecule has 3 aromatic rings. The number of hydrogen-bond donors (Lipinski definition) is 2.